The van der Waals surface area contributed by atoms with E-state index in [-0.39, 0.29) is 23.3 Å². The van der Waals surface area contributed by atoms with Crippen LogP contribution in [0.2, 0.25) is 0 Å². The van der Waals surface area contributed by atoms with Crippen molar-refractivity contribution >= 4 is 28.8 Å². The Hall–Kier alpha value is -3.78. The fourth-order valence-corrected chi connectivity index (χ4v) is 5.28. The molecule has 4 rings (SSSR count). The van der Waals surface area contributed by atoms with Gasteiger partial charge in [-0.3, -0.25) is 9.59 Å². The van der Waals surface area contributed by atoms with Crippen molar-refractivity contribution in [3.05, 3.63) is 81.1 Å². The van der Waals surface area contributed by atoms with E-state index in [2.05, 4.69) is 0 Å². The van der Waals surface area contributed by atoms with Gasteiger partial charge in [0.25, 0.3) is 11.7 Å². The number of ether oxygens (including phenoxy) is 3. The molecule has 1 unspecified atom stereocenters. The molecule has 1 atom stereocenters. The normalized spacial score (nSPS) is 17.2. The van der Waals surface area contributed by atoms with Crippen LogP contribution in [0.3, 0.4) is 0 Å². The minimum atomic E-state index is -0.818. The number of amides is 1. The lowest BCUT2D eigenvalue weighted by atomic mass is 9.84. The fraction of sp³-hybridized carbons (Fsp3) is 0.310. The molecular weight excluding hydrogens is 490 g/mol. The highest BCUT2D eigenvalue weighted by Gasteiger charge is 2.46. The average Bonchev–Trinajstić information content (AvgIpc) is 3.49. The lowest BCUT2D eigenvalue weighted by molar-refractivity contribution is -0.140. The van der Waals surface area contributed by atoms with Gasteiger partial charge in [0.2, 0.25) is 0 Å². The topological polar surface area (TPSA) is 85.3 Å². The smallest absolute Gasteiger partial charge is 0.295 e. The van der Waals surface area contributed by atoms with E-state index >= 15 is 0 Å². The van der Waals surface area contributed by atoms with Crippen molar-refractivity contribution in [2.75, 3.05) is 21.3 Å². The number of aliphatic hydroxyl groups is 1. The van der Waals surface area contributed by atoms with E-state index in [1.54, 1.807) is 37.4 Å². The predicted octanol–water partition coefficient (Wildman–Crippen LogP) is 5.69. The molecule has 3 aromatic rings. The molecule has 1 aliphatic heterocycles. The number of Topliss-reactive ketones (excluding diaryl/α,β-unsaturated/α-hetero) is 1. The van der Waals surface area contributed by atoms with E-state index in [1.807, 2.05) is 44.4 Å². The highest BCUT2D eigenvalue weighted by molar-refractivity contribution is 7.09. The van der Waals surface area contributed by atoms with Gasteiger partial charge in [0.15, 0.2) is 11.5 Å². The van der Waals surface area contributed by atoms with E-state index in [0.29, 0.717) is 28.4 Å². The number of methoxy groups -OCH3 is 3. The van der Waals surface area contributed by atoms with Crippen molar-refractivity contribution in [1.82, 2.24) is 4.90 Å². The highest BCUT2D eigenvalue weighted by atomic mass is 32.1. The highest BCUT2D eigenvalue weighted by Crippen LogP contribution is 2.43. The second-order valence-electron chi connectivity index (χ2n) is 9.79. The Balaban J connectivity index is 1.92. The molecular formula is C29H31NO6S. The summed E-state index contributed by atoms with van der Waals surface area (Å²) in [6.07, 6.45) is 0. The molecule has 1 fully saturated rings. The van der Waals surface area contributed by atoms with Crippen LogP contribution in [0.15, 0.2) is 59.5 Å². The first-order valence-corrected chi connectivity index (χ1v) is 12.7. The maximum Gasteiger partial charge on any atom is 0.295 e. The summed E-state index contributed by atoms with van der Waals surface area (Å²) < 4.78 is 16.4. The summed E-state index contributed by atoms with van der Waals surface area (Å²) in [4.78, 5) is 29.2. The predicted molar refractivity (Wildman–Crippen MR) is 143 cm³/mol. The largest absolute Gasteiger partial charge is 0.507 e. The zero-order valence-corrected chi connectivity index (χ0v) is 22.6. The molecule has 0 radical (unpaired) electrons. The van der Waals surface area contributed by atoms with Crippen LogP contribution in [0.5, 0.6) is 17.2 Å². The molecule has 8 heteroatoms. The number of carbonyl (C=O) groups is 2. The van der Waals surface area contributed by atoms with E-state index in [4.69, 9.17) is 14.2 Å². The number of likely N-dealkylation sites (tertiary alicyclic amines) is 1. The Bertz CT molecular complexity index is 1350. The molecule has 1 N–H and O–H groups in total. The van der Waals surface area contributed by atoms with Crippen LogP contribution in [0, 0.1) is 0 Å². The van der Waals surface area contributed by atoms with Crippen LogP contribution < -0.4 is 14.2 Å². The Kier molecular flexibility index (Phi) is 7.32. The number of hydrogen-bond donors (Lipinski definition) is 1. The van der Waals surface area contributed by atoms with Gasteiger partial charge in [-0.25, -0.2) is 0 Å². The lowest BCUT2D eigenvalue weighted by Crippen LogP contribution is -2.28. The number of thiophene rings is 1. The van der Waals surface area contributed by atoms with Gasteiger partial charge in [-0.1, -0.05) is 32.9 Å². The zero-order valence-electron chi connectivity index (χ0n) is 21.8. The van der Waals surface area contributed by atoms with Gasteiger partial charge in [-0.05, 0) is 52.8 Å². The Morgan fingerprint density at radius 1 is 0.946 bits per heavy atom. The van der Waals surface area contributed by atoms with Crippen LogP contribution in [0.4, 0.5) is 0 Å². The number of rotatable bonds is 7. The first-order valence-electron chi connectivity index (χ1n) is 11.8. The van der Waals surface area contributed by atoms with Crippen molar-refractivity contribution in [3.8, 4) is 17.2 Å². The summed E-state index contributed by atoms with van der Waals surface area (Å²) in [7, 11) is 4.66. The van der Waals surface area contributed by atoms with E-state index in [0.717, 1.165) is 10.4 Å². The van der Waals surface area contributed by atoms with Crippen molar-refractivity contribution in [1.29, 1.82) is 0 Å². The molecule has 1 saturated heterocycles. The summed E-state index contributed by atoms with van der Waals surface area (Å²) >= 11 is 1.50. The first kappa shape index (κ1) is 26.3. The van der Waals surface area contributed by atoms with Gasteiger partial charge in [-0.2, -0.15) is 0 Å². The summed E-state index contributed by atoms with van der Waals surface area (Å²) in [5.41, 5.74) is 1.67. The van der Waals surface area contributed by atoms with Crippen molar-refractivity contribution in [3.63, 3.8) is 0 Å². The maximum absolute atomic E-state index is 13.4. The van der Waals surface area contributed by atoms with E-state index in [1.165, 1.54) is 30.5 Å². The molecule has 2 heterocycles. The lowest BCUT2D eigenvalue weighted by Gasteiger charge is -2.26. The van der Waals surface area contributed by atoms with E-state index < -0.39 is 17.7 Å². The quantitative estimate of drug-likeness (QED) is 0.244. The van der Waals surface area contributed by atoms with Crippen LogP contribution >= 0.6 is 11.3 Å². The molecule has 0 aliphatic carbocycles. The molecule has 0 spiro atoms. The molecule has 7 nitrogen and oxygen atoms in total. The van der Waals surface area contributed by atoms with Gasteiger partial charge >= 0.3 is 0 Å². The second-order valence-corrected chi connectivity index (χ2v) is 10.8. The maximum atomic E-state index is 13.4. The van der Waals surface area contributed by atoms with Gasteiger partial charge < -0.3 is 24.2 Å². The Labute approximate surface area is 220 Å². The number of carbonyl (C=O) groups excluding carboxylic acids is 2. The van der Waals surface area contributed by atoms with Gasteiger partial charge in [-0.15, -0.1) is 11.3 Å². The monoisotopic (exact) mass is 521 g/mol. The molecule has 1 aromatic heterocycles. The second kappa shape index (κ2) is 10.3. The summed E-state index contributed by atoms with van der Waals surface area (Å²) in [6, 6.07) is 13.5. The van der Waals surface area contributed by atoms with Crippen LogP contribution in [0.1, 0.15) is 48.4 Å². The van der Waals surface area contributed by atoms with Crippen molar-refractivity contribution < 1.29 is 28.9 Å². The molecule has 0 bridgehead atoms. The van der Waals surface area contributed by atoms with Crippen LogP contribution in [0.25, 0.3) is 5.76 Å². The number of aliphatic hydroxyl groups excluding tert-OH is 1. The minimum absolute atomic E-state index is 0.0267. The van der Waals surface area contributed by atoms with Crippen LogP contribution in [-0.4, -0.2) is 43.0 Å². The number of hydrogen-bond acceptors (Lipinski definition) is 7. The average molecular weight is 522 g/mol. The third-order valence-corrected chi connectivity index (χ3v) is 7.31. The van der Waals surface area contributed by atoms with Crippen molar-refractivity contribution in [2.45, 2.75) is 38.8 Å². The third kappa shape index (κ3) is 4.93. The third-order valence-electron chi connectivity index (χ3n) is 6.45. The zero-order chi connectivity index (χ0) is 26.9. The number of nitrogens with zero attached hydrogens (tertiary/aromatic N) is 1. The van der Waals surface area contributed by atoms with Crippen molar-refractivity contribution in [2.24, 2.45) is 0 Å². The van der Waals surface area contributed by atoms with Gasteiger partial charge in [0, 0.05) is 16.0 Å². The molecule has 194 valence electrons. The number of ketones is 1. The SMILES string of the molecule is COc1ccc(C2/C(=C(\O)c3ccc(OC)c(C(C)(C)C)c3)C(=O)C(=O)N2Cc2cccs2)cc1OC. The summed E-state index contributed by atoms with van der Waals surface area (Å²) in [6.45, 7) is 6.35. The summed E-state index contributed by atoms with van der Waals surface area (Å²) in [5.74, 6) is 0.0208. The molecule has 2 aromatic carbocycles. The minimum Gasteiger partial charge on any atom is -0.507 e. The van der Waals surface area contributed by atoms with Crippen LogP contribution in [-0.2, 0) is 21.5 Å². The number of benzene rings is 2. The molecule has 0 saturated carbocycles. The standard InChI is InChI=1S/C29H31NO6S/c1-29(2,3)20-14-18(10-11-21(20)34-4)26(31)24-25(17-9-12-22(35-5)23(15-17)36-6)30(28(33)27(24)32)16-19-8-7-13-37-19/h7-15,25,31H,16H2,1-6H3/b26-24+. The van der Waals surface area contributed by atoms with Gasteiger partial charge in [0.05, 0.1) is 39.5 Å². The van der Waals surface area contributed by atoms with E-state index in [9.17, 15) is 14.7 Å². The Morgan fingerprint density at radius 3 is 2.22 bits per heavy atom. The molecule has 1 aliphatic rings. The molecule has 1 amide bonds. The Morgan fingerprint density at radius 2 is 1.62 bits per heavy atom. The van der Waals surface area contributed by atoms with Gasteiger partial charge in [0.1, 0.15) is 11.5 Å². The fourth-order valence-electron chi connectivity index (χ4n) is 4.58. The summed E-state index contributed by atoms with van der Waals surface area (Å²) in [5, 5.41) is 13.5. The molecule has 37 heavy (non-hydrogen) atoms. The first-order chi connectivity index (χ1) is 17.6.